The smallest absolute Gasteiger partial charge is 0.319 e. The summed E-state index contributed by atoms with van der Waals surface area (Å²) in [5.41, 5.74) is 1.51. The SMILES string of the molecule is C#Cc1cccc2cccc(-c3ncc4c(N5C[C@H]6CC[C@@H](C5)N6C(=O)[C@H]5CC(=O)O5)nc(OCC56CCCN5CCC6)nc4c3F)c12. The van der Waals surface area contributed by atoms with E-state index in [4.69, 9.17) is 25.9 Å². The summed E-state index contributed by atoms with van der Waals surface area (Å²) in [5.74, 6) is 2.25. The molecule has 2 aromatic carbocycles. The van der Waals surface area contributed by atoms with E-state index in [1.807, 2.05) is 41.3 Å². The molecule has 5 aliphatic rings. The Bertz CT molecular complexity index is 2010. The van der Waals surface area contributed by atoms with Crippen molar-refractivity contribution in [1.29, 1.82) is 0 Å². The number of aromatic nitrogens is 3. The number of esters is 1. The quantitative estimate of drug-likeness (QED) is 0.222. The van der Waals surface area contributed by atoms with E-state index in [1.165, 1.54) is 0 Å². The maximum atomic E-state index is 16.9. The molecular weight excluding hydrogens is 611 g/mol. The van der Waals surface area contributed by atoms with Crippen LogP contribution in [0, 0.1) is 18.2 Å². The number of benzene rings is 2. The number of rotatable bonds is 6. The molecule has 7 heterocycles. The first kappa shape index (κ1) is 29.3. The summed E-state index contributed by atoms with van der Waals surface area (Å²) in [4.78, 5) is 45.5. The summed E-state index contributed by atoms with van der Waals surface area (Å²) < 4.78 is 28.5. The lowest BCUT2D eigenvalue weighted by atomic mass is 9.95. The van der Waals surface area contributed by atoms with Crippen LogP contribution in [0.5, 0.6) is 6.01 Å². The number of piperazine rings is 1. The van der Waals surface area contributed by atoms with Gasteiger partial charge in [0.05, 0.1) is 17.3 Å². The van der Waals surface area contributed by atoms with E-state index in [9.17, 15) is 9.59 Å². The number of carbonyl (C=O) groups excluding carboxylic acids is 2. The molecule has 9 rings (SSSR count). The summed E-state index contributed by atoms with van der Waals surface area (Å²) in [7, 11) is 0. The number of hydrogen-bond acceptors (Lipinski definition) is 9. The lowest BCUT2D eigenvalue weighted by Crippen LogP contribution is -2.60. The third-order valence-electron chi connectivity index (χ3n) is 11.2. The minimum atomic E-state index is -0.696. The number of cyclic esters (lactones) is 1. The van der Waals surface area contributed by atoms with Crippen molar-refractivity contribution in [3.8, 4) is 29.6 Å². The average Bonchev–Trinajstić information content (AvgIpc) is 3.75. The summed E-state index contributed by atoms with van der Waals surface area (Å²) in [6.45, 7) is 3.58. The highest BCUT2D eigenvalue weighted by molar-refractivity contribution is 6.02. The number of fused-ring (bicyclic) bond motifs is 5. The number of amides is 1. The Hall–Kier alpha value is -4.82. The van der Waals surface area contributed by atoms with E-state index >= 15 is 4.39 Å². The maximum absolute atomic E-state index is 16.9. The van der Waals surface area contributed by atoms with Crippen molar-refractivity contribution >= 4 is 39.4 Å². The Morgan fingerprint density at radius 3 is 2.52 bits per heavy atom. The minimum Gasteiger partial charge on any atom is -0.461 e. The largest absolute Gasteiger partial charge is 0.461 e. The molecule has 0 spiro atoms. The lowest BCUT2D eigenvalue weighted by Gasteiger charge is -2.43. The number of pyridine rings is 1. The topological polar surface area (TPSA) is 101 Å². The number of anilines is 1. The van der Waals surface area contributed by atoms with Crippen LogP contribution in [-0.4, -0.2) is 93.1 Å². The van der Waals surface area contributed by atoms with E-state index < -0.39 is 11.9 Å². The van der Waals surface area contributed by atoms with Gasteiger partial charge in [-0.3, -0.25) is 19.5 Å². The Kier molecular flexibility index (Phi) is 6.80. The molecule has 2 aromatic heterocycles. The van der Waals surface area contributed by atoms with Crippen molar-refractivity contribution in [2.75, 3.05) is 37.7 Å². The first-order valence-electron chi connectivity index (χ1n) is 16.9. The van der Waals surface area contributed by atoms with Crippen molar-refractivity contribution in [1.82, 2.24) is 24.8 Å². The third kappa shape index (κ3) is 4.53. The van der Waals surface area contributed by atoms with Gasteiger partial charge in [0.15, 0.2) is 11.9 Å². The van der Waals surface area contributed by atoms with Crippen LogP contribution in [-0.2, 0) is 14.3 Å². The number of terminal acetylenes is 1. The summed E-state index contributed by atoms with van der Waals surface area (Å²) in [5, 5.41) is 2.14. The second-order valence-electron chi connectivity index (χ2n) is 13.8. The molecular formula is C37H35FN6O4. The van der Waals surface area contributed by atoms with Crippen LogP contribution < -0.4 is 9.64 Å². The Labute approximate surface area is 277 Å². The molecule has 5 fully saturated rings. The average molecular weight is 647 g/mol. The van der Waals surface area contributed by atoms with E-state index in [1.54, 1.807) is 6.20 Å². The van der Waals surface area contributed by atoms with E-state index in [0.29, 0.717) is 42.0 Å². The van der Waals surface area contributed by atoms with Gasteiger partial charge in [-0.2, -0.15) is 9.97 Å². The normalized spacial score (nSPS) is 24.4. The highest BCUT2D eigenvalue weighted by Gasteiger charge is 2.49. The Morgan fingerprint density at radius 2 is 1.81 bits per heavy atom. The van der Waals surface area contributed by atoms with Crippen molar-refractivity contribution in [2.24, 2.45) is 0 Å². The summed E-state index contributed by atoms with van der Waals surface area (Å²) in [6, 6.07) is 11.3. The van der Waals surface area contributed by atoms with Crippen LogP contribution in [0.4, 0.5) is 10.2 Å². The van der Waals surface area contributed by atoms with E-state index in [0.717, 1.165) is 62.4 Å². The van der Waals surface area contributed by atoms with Crippen molar-refractivity contribution < 1.29 is 23.5 Å². The highest BCUT2D eigenvalue weighted by atomic mass is 19.1. The molecule has 0 unspecified atom stereocenters. The van der Waals surface area contributed by atoms with Gasteiger partial charge in [-0.15, -0.1) is 6.42 Å². The number of hydrogen-bond donors (Lipinski definition) is 0. The molecule has 0 saturated carbocycles. The van der Waals surface area contributed by atoms with Crippen LogP contribution in [0.25, 0.3) is 32.9 Å². The van der Waals surface area contributed by atoms with Crippen LogP contribution in [0.1, 0.15) is 50.5 Å². The van der Waals surface area contributed by atoms with Gasteiger partial charge >= 0.3 is 12.0 Å². The second-order valence-corrected chi connectivity index (χ2v) is 13.8. The molecule has 10 nitrogen and oxygen atoms in total. The van der Waals surface area contributed by atoms with Gasteiger partial charge in [0, 0.05) is 47.9 Å². The predicted octanol–water partition coefficient (Wildman–Crippen LogP) is 4.47. The summed E-state index contributed by atoms with van der Waals surface area (Å²) in [6.07, 6.45) is 13.0. The standard InChI is InChI=1S/C37H35FN6O4/c1-2-22-7-3-8-23-9-4-10-26(30(22)23)32-31(38)33-27(18-39-32)34(41-36(40-33)47-21-37-13-5-15-43(37)16-6-14-37)42-19-24-11-12-25(20-42)44(24)35(46)28-17-29(45)48-28/h1,3-4,7-10,18,24-25,28H,5-6,11-17,19-21H2/t24-,25+,28-/m1/s1. The number of halogens is 1. The van der Waals surface area contributed by atoms with Crippen molar-refractivity contribution in [3.05, 3.63) is 54.0 Å². The minimum absolute atomic E-state index is 0.0366. The highest BCUT2D eigenvalue weighted by Crippen LogP contribution is 2.41. The van der Waals surface area contributed by atoms with Gasteiger partial charge in [-0.1, -0.05) is 36.3 Å². The Morgan fingerprint density at radius 1 is 1.08 bits per heavy atom. The fourth-order valence-electron chi connectivity index (χ4n) is 8.87. The van der Waals surface area contributed by atoms with Gasteiger partial charge in [0.1, 0.15) is 23.6 Å². The third-order valence-corrected chi connectivity index (χ3v) is 11.2. The Balaban J connectivity index is 1.12. The summed E-state index contributed by atoms with van der Waals surface area (Å²) >= 11 is 0. The van der Waals surface area contributed by atoms with Gasteiger partial charge < -0.3 is 19.3 Å². The second kappa shape index (κ2) is 11.1. The molecule has 2 bridgehead atoms. The predicted molar refractivity (Wildman–Crippen MR) is 177 cm³/mol. The zero-order chi connectivity index (χ0) is 32.6. The van der Waals surface area contributed by atoms with Crippen molar-refractivity contribution in [2.45, 2.75) is 68.7 Å². The first-order chi connectivity index (χ1) is 23.4. The molecule has 1 amide bonds. The van der Waals surface area contributed by atoms with Gasteiger partial charge in [-0.25, -0.2) is 4.39 Å². The van der Waals surface area contributed by atoms with Crippen LogP contribution in [0.15, 0.2) is 42.6 Å². The molecule has 48 heavy (non-hydrogen) atoms. The van der Waals surface area contributed by atoms with Gasteiger partial charge in [-0.05, 0) is 63.1 Å². The molecule has 0 radical (unpaired) electrons. The molecule has 0 N–H and O–H groups in total. The van der Waals surface area contributed by atoms with Crippen LogP contribution in [0.3, 0.4) is 0 Å². The molecule has 3 atom stereocenters. The molecule has 5 saturated heterocycles. The molecule has 244 valence electrons. The molecule has 5 aliphatic heterocycles. The zero-order valence-electron chi connectivity index (χ0n) is 26.5. The molecule has 0 aliphatic carbocycles. The van der Waals surface area contributed by atoms with Gasteiger partial charge in [0.25, 0.3) is 5.91 Å². The van der Waals surface area contributed by atoms with E-state index in [-0.39, 0.29) is 53.1 Å². The maximum Gasteiger partial charge on any atom is 0.319 e. The number of nitrogens with zero attached hydrogens (tertiary/aromatic N) is 6. The van der Waals surface area contributed by atoms with Crippen molar-refractivity contribution in [3.63, 3.8) is 0 Å². The fourth-order valence-corrected chi connectivity index (χ4v) is 8.87. The first-order valence-corrected chi connectivity index (χ1v) is 16.9. The fraction of sp³-hybridized carbons (Fsp3) is 0.432. The van der Waals surface area contributed by atoms with Crippen LogP contribution >= 0.6 is 0 Å². The van der Waals surface area contributed by atoms with Crippen LogP contribution in [0.2, 0.25) is 0 Å². The lowest BCUT2D eigenvalue weighted by molar-refractivity contribution is -0.180. The molecule has 11 heteroatoms. The number of ether oxygens (including phenoxy) is 2. The van der Waals surface area contributed by atoms with E-state index in [2.05, 4.69) is 20.7 Å². The van der Waals surface area contributed by atoms with Gasteiger partial charge in [0.2, 0.25) is 0 Å². The molecule has 4 aromatic rings. The number of carbonyl (C=O) groups is 2. The zero-order valence-corrected chi connectivity index (χ0v) is 26.5. The monoisotopic (exact) mass is 646 g/mol.